The number of hydrogen-bond acceptors (Lipinski definition) is 4. The van der Waals surface area contributed by atoms with E-state index in [4.69, 9.17) is 4.74 Å². The lowest BCUT2D eigenvalue weighted by atomic mass is 10.0. The standard InChI is InChI=1S/C22H26N2O4S/c1-28-19-8-6-17(7-9-19)15-22(25)24-14-4-5-18-16-20(10-11-21(18)24)29(26,27)23-12-2-3-13-23/h6-11,16H,2-5,12-15H2,1H3. The number of benzene rings is 2. The van der Waals surface area contributed by atoms with Crippen molar-refractivity contribution in [2.75, 3.05) is 31.6 Å². The van der Waals surface area contributed by atoms with Gasteiger partial charge in [-0.2, -0.15) is 4.31 Å². The number of carbonyl (C=O) groups excluding carboxylic acids is 1. The maximum Gasteiger partial charge on any atom is 0.243 e. The van der Waals surface area contributed by atoms with Crippen LogP contribution in [0.5, 0.6) is 5.75 Å². The second-order valence-corrected chi connectivity index (χ2v) is 9.51. The van der Waals surface area contributed by atoms with E-state index in [1.54, 1.807) is 34.5 Å². The third-order valence-corrected chi connectivity index (χ3v) is 7.58. The molecule has 0 aromatic heterocycles. The number of sulfonamides is 1. The molecule has 4 rings (SSSR count). The SMILES string of the molecule is COc1ccc(CC(=O)N2CCCc3cc(S(=O)(=O)N4CCCC4)ccc32)cc1. The maximum absolute atomic E-state index is 12.9. The van der Waals surface area contributed by atoms with Gasteiger partial charge in [0.2, 0.25) is 15.9 Å². The monoisotopic (exact) mass is 414 g/mol. The predicted octanol–water partition coefficient (Wildman–Crippen LogP) is 3.00. The number of nitrogens with zero attached hydrogens (tertiary/aromatic N) is 2. The van der Waals surface area contributed by atoms with E-state index in [2.05, 4.69) is 0 Å². The smallest absolute Gasteiger partial charge is 0.243 e. The van der Waals surface area contributed by atoms with Crippen molar-refractivity contribution in [1.82, 2.24) is 4.31 Å². The van der Waals surface area contributed by atoms with E-state index in [1.807, 2.05) is 24.3 Å². The van der Waals surface area contributed by atoms with Crippen LogP contribution < -0.4 is 9.64 Å². The second kappa shape index (κ2) is 8.16. The quantitative estimate of drug-likeness (QED) is 0.754. The number of carbonyl (C=O) groups is 1. The Hall–Kier alpha value is -2.38. The van der Waals surface area contributed by atoms with Gasteiger partial charge < -0.3 is 9.64 Å². The fourth-order valence-corrected chi connectivity index (χ4v) is 5.65. The summed E-state index contributed by atoms with van der Waals surface area (Å²) in [5.74, 6) is 0.780. The molecule has 7 heteroatoms. The molecule has 0 bridgehead atoms. The van der Waals surface area contributed by atoms with Crippen LogP contribution in [-0.4, -0.2) is 45.4 Å². The van der Waals surface area contributed by atoms with Crippen LogP contribution in [0.4, 0.5) is 5.69 Å². The molecule has 0 saturated carbocycles. The van der Waals surface area contributed by atoms with Crippen molar-refractivity contribution < 1.29 is 17.9 Å². The van der Waals surface area contributed by atoms with Crippen LogP contribution in [0.3, 0.4) is 0 Å². The highest BCUT2D eigenvalue weighted by Gasteiger charge is 2.29. The summed E-state index contributed by atoms with van der Waals surface area (Å²) in [4.78, 5) is 15.1. The molecule has 0 unspecified atom stereocenters. The molecule has 1 fully saturated rings. The van der Waals surface area contributed by atoms with Gasteiger partial charge in [0, 0.05) is 25.3 Å². The first-order chi connectivity index (χ1) is 14.0. The van der Waals surface area contributed by atoms with Crippen molar-refractivity contribution in [2.24, 2.45) is 0 Å². The molecule has 0 spiro atoms. The molecular formula is C22H26N2O4S. The molecule has 2 aromatic carbocycles. The Labute approximate surface area is 172 Å². The summed E-state index contributed by atoms with van der Waals surface area (Å²) in [5, 5.41) is 0. The Morgan fingerprint density at radius 1 is 1.00 bits per heavy atom. The van der Waals surface area contributed by atoms with Gasteiger partial charge in [-0.3, -0.25) is 4.79 Å². The molecule has 6 nitrogen and oxygen atoms in total. The third-order valence-electron chi connectivity index (χ3n) is 5.69. The van der Waals surface area contributed by atoms with Crippen LogP contribution in [0.1, 0.15) is 30.4 Å². The van der Waals surface area contributed by atoms with Crippen LogP contribution in [0.25, 0.3) is 0 Å². The lowest BCUT2D eigenvalue weighted by Crippen LogP contribution is -2.36. The number of amides is 1. The second-order valence-electron chi connectivity index (χ2n) is 7.58. The number of hydrogen-bond donors (Lipinski definition) is 0. The Balaban J connectivity index is 1.55. The van der Waals surface area contributed by atoms with Gasteiger partial charge >= 0.3 is 0 Å². The van der Waals surface area contributed by atoms with Gasteiger partial charge in [-0.15, -0.1) is 0 Å². The van der Waals surface area contributed by atoms with Crippen LogP contribution in [-0.2, 0) is 27.7 Å². The summed E-state index contributed by atoms with van der Waals surface area (Å²) in [7, 11) is -1.83. The number of methoxy groups -OCH3 is 1. The Morgan fingerprint density at radius 2 is 1.72 bits per heavy atom. The van der Waals surface area contributed by atoms with E-state index in [0.29, 0.717) is 31.0 Å². The normalized spacial score (nSPS) is 17.2. The van der Waals surface area contributed by atoms with Crippen LogP contribution >= 0.6 is 0 Å². The molecule has 2 aliphatic heterocycles. The average molecular weight is 415 g/mol. The lowest BCUT2D eigenvalue weighted by molar-refractivity contribution is -0.118. The molecule has 2 aromatic rings. The fraction of sp³-hybridized carbons (Fsp3) is 0.409. The molecule has 0 N–H and O–H groups in total. The predicted molar refractivity (Wildman–Crippen MR) is 112 cm³/mol. The fourth-order valence-electron chi connectivity index (χ4n) is 4.08. The van der Waals surface area contributed by atoms with Crippen molar-refractivity contribution in [3.05, 3.63) is 53.6 Å². The molecule has 1 saturated heterocycles. The first-order valence-electron chi connectivity index (χ1n) is 10.1. The molecule has 0 atom stereocenters. The van der Waals surface area contributed by atoms with Gasteiger partial charge in [0.05, 0.1) is 18.4 Å². The summed E-state index contributed by atoms with van der Waals surface area (Å²) < 4.78 is 32.5. The number of rotatable bonds is 5. The van der Waals surface area contributed by atoms with E-state index >= 15 is 0 Å². The van der Waals surface area contributed by atoms with E-state index in [-0.39, 0.29) is 5.91 Å². The van der Waals surface area contributed by atoms with Gasteiger partial charge in [0.15, 0.2) is 0 Å². The third kappa shape index (κ3) is 4.02. The Morgan fingerprint density at radius 3 is 2.41 bits per heavy atom. The highest BCUT2D eigenvalue weighted by molar-refractivity contribution is 7.89. The highest BCUT2D eigenvalue weighted by Crippen LogP contribution is 2.31. The molecule has 154 valence electrons. The lowest BCUT2D eigenvalue weighted by Gasteiger charge is -2.30. The summed E-state index contributed by atoms with van der Waals surface area (Å²) >= 11 is 0. The largest absolute Gasteiger partial charge is 0.497 e. The zero-order chi connectivity index (χ0) is 20.4. The number of anilines is 1. The van der Waals surface area contributed by atoms with Crippen molar-refractivity contribution >= 4 is 21.6 Å². The van der Waals surface area contributed by atoms with E-state index in [9.17, 15) is 13.2 Å². The topological polar surface area (TPSA) is 66.9 Å². The summed E-state index contributed by atoms with van der Waals surface area (Å²) in [6.45, 7) is 1.83. The van der Waals surface area contributed by atoms with E-state index in [1.165, 1.54) is 0 Å². The van der Waals surface area contributed by atoms with Gasteiger partial charge in [0.1, 0.15) is 5.75 Å². The molecule has 0 radical (unpaired) electrons. The van der Waals surface area contributed by atoms with Crippen LogP contribution in [0.15, 0.2) is 47.4 Å². The van der Waals surface area contributed by atoms with Crippen LogP contribution in [0, 0.1) is 0 Å². The minimum atomic E-state index is -3.45. The first kappa shape index (κ1) is 19.9. The van der Waals surface area contributed by atoms with Gasteiger partial charge in [-0.05, 0) is 67.1 Å². The first-order valence-corrected chi connectivity index (χ1v) is 11.5. The van der Waals surface area contributed by atoms with Crippen molar-refractivity contribution in [2.45, 2.75) is 37.0 Å². The molecule has 29 heavy (non-hydrogen) atoms. The number of aryl methyl sites for hydroxylation is 1. The zero-order valence-electron chi connectivity index (χ0n) is 16.6. The van der Waals surface area contributed by atoms with E-state index < -0.39 is 10.0 Å². The zero-order valence-corrected chi connectivity index (χ0v) is 17.5. The molecule has 2 aliphatic rings. The van der Waals surface area contributed by atoms with Gasteiger partial charge in [-0.1, -0.05) is 12.1 Å². The maximum atomic E-state index is 12.9. The molecule has 1 amide bonds. The molecular weight excluding hydrogens is 388 g/mol. The van der Waals surface area contributed by atoms with Crippen LogP contribution in [0.2, 0.25) is 0 Å². The van der Waals surface area contributed by atoms with Gasteiger partial charge in [-0.25, -0.2) is 8.42 Å². The summed E-state index contributed by atoms with van der Waals surface area (Å²) in [6.07, 6.45) is 3.74. The van der Waals surface area contributed by atoms with Gasteiger partial charge in [0.25, 0.3) is 0 Å². The number of fused-ring (bicyclic) bond motifs is 1. The number of ether oxygens (including phenoxy) is 1. The Kier molecular flexibility index (Phi) is 5.61. The summed E-state index contributed by atoms with van der Waals surface area (Å²) in [5.41, 5.74) is 2.69. The average Bonchev–Trinajstić information content (AvgIpc) is 3.29. The van der Waals surface area contributed by atoms with Crippen molar-refractivity contribution in [3.63, 3.8) is 0 Å². The highest BCUT2D eigenvalue weighted by atomic mass is 32.2. The minimum Gasteiger partial charge on any atom is -0.497 e. The summed E-state index contributed by atoms with van der Waals surface area (Å²) in [6, 6.07) is 12.7. The molecule has 0 aliphatic carbocycles. The Bertz CT molecular complexity index is 996. The molecule has 2 heterocycles. The minimum absolute atomic E-state index is 0.0197. The van der Waals surface area contributed by atoms with Crippen molar-refractivity contribution in [1.29, 1.82) is 0 Å². The van der Waals surface area contributed by atoms with Crippen molar-refractivity contribution in [3.8, 4) is 5.75 Å². The van der Waals surface area contributed by atoms with E-state index in [0.717, 1.165) is 48.2 Å².